The molecule has 0 saturated carbocycles. The first-order valence-electron chi connectivity index (χ1n) is 16.5. The Hall–Kier alpha value is -3.11. The molecule has 0 atom stereocenters. The summed E-state index contributed by atoms with van der Waals surface area (Å²) < 4.78 is 8.39. The van der Waals surface area contributed by atoms with Crippen molar-refractivity contribution in [2.75, 3.05) is 0 Å². The van der Waals surface area contributed by atoms with Crippen molar-refractivity contribution in [1.82, 2.24) is 9.78 Å². The Morgan fingerprint density at radius 2 is 0.953 bits per heavy atom. The van der Waals surface area contributed by atoms with Crippen molar-refractivity contribution >= 4 is 22.0 Å². The predicted molar refractivity (Wildman–Crippen MR) is 187 cm³/mol. The Labute approximate surface area is 264 Å². The van der Waals surface area contributed by atoms with E-state index in [0.717, 1.165) is 5.69 Å². The first-order chi connectivity index (χ1) is 21.2. The molecule has 1 heterocycles. The van der Waals surface area contributed by atoms with Gasteiger partial charge in [0.25, 0.3) is 0 Å². The second-order valence-electron chi connectivity index (χ2n) is 12.1. The Kier molecular flexibility index (Phi) is 11.0. The summed E-state index contributed by atoms with van der Waals surface area (Å²) in [5, 5.41) is 5.36. The first-order valence-corrected chi connectivity index (χ1v) is 24.0. The van der Waals surface area contributed by atoms with Gasteiger partial charge in [-0.25, -0.2) is 0 Å². The van der Waals surface area contributed by atoms with Gasteiger partial charge < -0.3 is 0 Å². The molecule has 2 nitrogen and oxygen atoms in total. The minimum absolute atomic E-state index is 0.589. The Morgan fingerprint density at radius 1 is 0.535 bits per heavy atom. The molecule has 4 aromatic carbocycles. The summed E-state index contributed by atoms with van der Waals surface area (Å²) in [6, 6.07) is 44.4. The number of hydrogen-bond acceptors (Lipinski definition) is 1. The quantitative estimate of drug-likeness (QED) is 0.0798. The van der Waals surface area contributed by atoms with Crippen molar-refractivity contribution in [3.8, 4) is 11.3 Å². The second-order valence-corrected chi connectivity index (χ2v) is 25.4. The van der Waals surface area contributed by atoms with Crippen LogP contribution in [0.4, 0.5) is 0 Å². The number of benzene rings is 4. The summed E-state index contributed by atoms with van der Waals surface area (Å²) in [6.07, 6.45) is 10.2. The Balaban J connectivity index is 1.59. The number of unbranched alkanes of at least 4 members (excludes halogenated alkanes) is 3. The molecule has 5 aromatic rings. The van der Waals surface area contributed by atoms with E-state index >= 15 is 0 Å². The monoisotopic (exact) mass is 676 g/mol. The van der Waals surface area contributed by atoms with Gasteiger partial charge in [-0.05, 0) is 0 Å². The van der Waals surface area contributed by atoms with Crippen LogP contribution in [-0.4, -0.2) is 28.2 Å². The minimum atomic E-state index is -2.47. The molecule has 0 aliphatic heterocycles. The molecular formula is C40H48N2Sn. The zero-order valence-electron chi connectivity index (χ0n) is 26.4. The molecule has 0 spiro atoms. The molecule has 0 fully saturated rings. The number of nitrogens with zero attached hydrogens (tertiary/aromatic N) is 2. The number of aromatic nitrogens is 2. The van der Waals surface area contributed by atoms with E-state index < -0.39 is 23.9 Å². The summed E-state index contributed by atoms with van der Waals surface area (Å²) in [5.74, 6) is 0. The molecule has 0 saturated heterocycles. The van der Waals surface area contributed by atoms with Crippen LogP contribution in [0.15, 0.2) is 128 Å². The summed E-state index contributed by atoms with van der Waals surface area (Å²) in [6.45, 7) is 7.07. The van der Waals surface area contributed by atoms with Crippen molar-refractivity contribution in [2.45, 2.75) is 78.1 Å². The summed E-state index contributed by atoms with van der Waals surface area (Å²) in [5.41, 5.74) is 5.22. The van der Waals surface area contributed by atoms with Gasteiger partial charge in [0, 0.05) is 0 Å². The number of rotatable bonds is 15. The van der Waals surface area contributed by atoms with Gasteiger partial charge >= 0.3 is 265 Å². The van der Waals surface area contributed by atoms with Gasteiger partial charge in [0.15, 0.2) is 0 Å². The van der Waals surface area contributed by atoms with Gasteiger partial charge in [-0.3, -0.25) is 0 Å². The van der Waals surface area contributed by atoms with E-state index in [1.54, 1.807) is 3.58 Å². The normalized spacial score (nSPS) is 12.0. The molecule has 0 bridgehead atoms. The van der Waals surface area contributed by atoms with E-state index in [0.29, 0.717) is 0 Å². The topological polar surface area (TPSA) is 17.8 Å². The van der Waals surface area contributed by atoms with Gasteiger partial charge in [0.2, 0.25) is 0 Å². The summed E-state index contributed by atoms with van der Waals surface area (Å²) in [7, 11) is 0. The van der Waals surface area contributed by atoms with Crippen molar-refractivity contribution in [2.24, 2.45) is 0 Å². The fraction of sp³-hybridized carbons (Fsp3) is 0.325. The fourth-order valence-electron chi connectivity index (χ4n) is 6.95. The third kappa shape index (κ3) is 6.70. The van der Waals surface area contributed by atoms with Crippen molar-refractivity contribution in [1.29, 1.82) is 0 Å². The van der Waals surface area contributed by atoms with Crippen LogP contribution in [0.3, 0.4) is 0 Å². The van der Waals surface area contributed by atoms with Gasteiger partial charge in [-0.2, -0.15) is 0 Å². The average molecular weight is 676 g/mol. The molecule has 0 aliphatic rings. The maximum absolute atomic E-state index is 5.36. The second kappa shape index (κ2) is 15.1. The van der Waals surface area contributed by atoms with Crippen LogP contribution in [0.5, 0.6) is 0 Å². The molecule has 0 amide bonds. The summed E-state index contributed by atoms with van der Waals surface area (Å²) in [4.78, 5) is 0. The molecule has 0 radical (unpaired) electrons. The standard InChI is InChI=1S/C28H21N2.3C4H9.Sn/c1-5-13-23(14-6-1)27-21-22-30(29-27)28(24-15-7-2-8-16-24,25-17-9-3-10-18-25)26-19-11-4-12-20-26;3*1-3-4-2;/h2-22H;3*1,3-4H2,2H3;. The first kappa shape index (κ1) is 31.3. The maximum atomic E-state index is 5.36. The molecular weight excluding hydrogens is 627 g/mol. The molecule has 1 aromatic heterocycles. The van der Waals surface area contributed by atoms with Crippen LogP contribution in [0.25, 0.3) is 11.3 Å². The Bertz CT molecular complexity index is 1390. The van der Waals surface area contributed by atoms with Crippen LogP contribution >= 0.6 is 0 Å². The van der Waals surface area contributed by atoms with Gasteiger partial charge in [0.1, 0.15) is 0 Å². The molecule has 0 N–H and O–H groups in total. The van der Waals surface area contributed by atoms with Crippen LogP contribution in [-0.2, 0) is 5.54 Å². The van der Waals surface area contributed by atoms with E-state index in [9.17, 15) is 0 Å². The molecule has 5 rings (SSSR count). The molecule has 3 heteroatoms. The molecule has 0 aliphatic carbocycles. The molecule has 43 heavy (non-hydrogen) atoms. The van der Waals surface area contributed by atoms with Crippen LogP contribution in [0.1, 0.15) is 76.0 Å². The fourth-order valence-corrected chi connectivity index (χ4v) is 22.9. The van der Waals surface area contributed by atoms with Gasteiger partial charge in [-0.1, -0.05) is 0 Å². The SMILES string of the molecule is CCC[CH2][Sn]([CH2]CCC)([CH2]CCC)[c]1ccc(-c2ccn(C(c3ccccc3)(c3ccccc3)c3ccccc3)n2)cc1. The van der Waals surface area contributed by atoms with E-state index in [1.807, 2.05) is 0 Å². The van der Waals surface area contributed by atoms with Crippen molar-refractivity contribution in [3.63, 3.8) is 0 Å². The van der Waals surface area contributed by atoms with Crippen molar-refractivity contribution in [3.05, 3.63) is 144 Å². The van der Waals surface area contributed by atoms with Crippen molar-refractivity contribution < 1.29 is 0 Å². The van der Waals surface area contributed by atoms with E-state index in [2.05, 4.69) is 153 Å². The van der Waals surface area contributed by atoms with E-state index in [1.165, 1.54) is 74.1 Å². The van der Waals surface area contributed by atoms with Crippen LogP contribution < -0.4 is 3.58 Å². The Morgan fingerprint density at radius 3 is 1.35 bits per heavy atom. The summed E-state index contributed by atoms with van der Waals surface area (Å²) >= 11 is -2.47. The van der Waals surface area contributed by atoms with Crippen LogP contribution in [0.2, 0.25) is 13.3 Å². The van der Waals surface area contributed by atoms with Gasteiger partial charge in [0.05, 0.1) is 0 Å². The third-order valence-corrected chi connectivity index (χ3v) is 25.0. The van der Waals surface area contributed by atoms with E-state index in [4.69, 9.17) is 5.10 Å². The zero-order chi connectivity index (χ0) is 30.0. The van der Waals surface area contributed by atoms with Crippen LogP contribution in [0, 0.1) is 0 Å². The average Bonchev–Trinajstić information content (AvgIpc) is 3.57. The number of hydrogen-bond donors (Lipinski definition) is 0. The van der Waals surface area contributed by atoms with E-state index in [-0.39, 0.29) is 0 Å². The zero-order valence-corrected chi connectivity index (χ0v) is 29.2. The third-order valence-electron chi connectivity index (χ3n) is 9.33. The predicted octanol–water partition coefficient (Wildman–Crippen LogP) is 10.4. The molecule has 0 unspecified atom stereocenters. The molecule has 222 valence electrons. The van der Waals surface area contributed by atoms with Gasteiger partial charge in [-0.15, -0.1) is 0 Å².